The van der Waals surface area contributed by atoms with E-state index in [1.807, 2.05) is 42.1 Å². The summed E-state index contributed by atoms with van der Waals surface area (Å²) >= 11 is 6.05. The van der Waals surface area contributed by atoms with E-state index in [-0.39, 0.29) is 30.8 Å². The summed E-state index contributed by atoms with van der Waals surface area (Å²) in [5, 5.41) is 14.7. The van der Waals surface area contributed by atoms with Gasteiger partial charge in [-0.3, -0.25) is 0 Å². The van der Waals surface area contributed by atoms with Gasteiger partial charge in [0.1, 0.15) is 23.6 Å². The van der Waals surface area contributed by atoms with E-state index in [9.17, 15) is 13.9 Å². The first-order valence-corrected chi connectivity index (χ1v) is 11.5. The third-order valence-corrected chi connectivity index (χ3v) is 5.93. The molecule has 0 aliphatic heterocycles. The van der Waals surface area contributed by atoms with Crippen LogP contribution >= 0.6 is 11.6 Å². The molecule has 0 aliphatic rings. The van der Waals surface area contributed by atoms with Gasteiger partial charge in [0.15, 0.2) is 0 Å². The van der Waals surface area contributed by atoms with Crippen LogP contribution in [0.5, 0.6) is 0 Å². The fourth-order valence-corrected chi connectivity index (χ4v) is 3.97. The van der Waals surface area contributed by atoms with Crippen LogP contribution in [-0.2, 0) is 11.8 Å². The average Bonchev–Trinajstić information content (AvgIpc) is 3.28. The summed E-state index contributed by atoms with van der Waals surface area (Å²) in [7, 11) is 1.91. The number of aromatic nitrogens is 2. The molecule has 1 heterocycles. The molecule has 0 aliphatic carbocycles. The quantitative estimate of drug-likeness (QED) is 0.316. The van der Waals surface area contributed by atoms with Crippen molar-refractivity contribution in [2.45, 2.75) is 18.2 Å². The van der Waals surface area contributed by atoms with Crippen LogP contribution in [0.25, 0.3) is 0 Å². The predicted octanol–water partition coefficient (Wildman–Crippen LogP) is 5.20. The van der Waals surface area contributed by atoms with E-state index in [0.29, 0.717) is 16.1 Å². The first-order valence-electron chi connectivity index (χ1n) is 11.2. The van der Waals surface area contributed by atoms with Crippen molar-refractivity contribution in [1.82, 2.24) is 14.9 Å². The number of halogens is 3. The van der Waals surface area contributed by atoms with Gasteiger partial charge >= 0.3 is 0 Å². The van der Waals surface area contributed by atoms with Gasteiger partial charge < -0.3 is 19.7 Å². The van der Waals surface area contributed by atoms with E-state index in [0.717, 1.165) is 11.4 Å². The van der Waals surface area contributed by atoms with Crippen LogP contribution in [0.2, 0.25) is 5.02 Å². The lowest BCUT2D eigenvalue weighted by molar-refractivity contribution is 0.00585. The SMILES string of the molecule is Cn1ccnc1[C@H](NC[C@H](O)COC(c1ccc(F)cc1)c1ccc(F)cc1)c1ccc(Cl)cc1. The van der Waals surface area contributed by atoms with Gasteiger partial charge in [-0.25, -0.2) is 13.8 Å². The van der Waals surface area contributed by atoms with E-state index in [4.69, 9.17) is 16.3 Å². The van der Waals surface area contributed by atoms with E-state index < -0.39 is 12.2 Å². The lowest BCUT2D eigenvalue weighted by Crippen LogP contribution is -2.35. The number of ether oxygens (including phenoxy) is 1. The van der Waals surface area contributed by atoms with Gasteiger partial charge in [0.2, 0.25) is 0 Å². The molecule has 182 valence electrons. The van der Waals surface area contributed by atoms with Crippen molar-refractivity contribution in [1.29, 1.82) is 0 Å². The van der Waals surface area contributed by atoms with E-state index >= 15 is 0 Å². The number of imidazole rings is 1. The van der Waals surface area contributed by atoms with Crippen LogP contribution in [-0.4, -0.2) is 33.9 Å². The highest BCUT2D eigenvalue weighted by atomic mass is 35.5. The van der Waals surface area contributed by atoms with E-state index in [2.05, 4.69) is 10.3 Å². The second-order valence-electron chi connectivity index (χ2n) is 8.26. The van der Waals surface area contributed by atoms with Crippen molar-refractivity contribution in [3.05, 3.63) is 124 Å². The third-order valence-electron chi connectivity index (χ3n) is 5.68. The van der Waals surface area contributed by atoms with Crippen molar-refractivity contribution >= 4 is 11.6 Å². The minimum atomic E-state index is -0.853. The van der Waals surface area contributed by atoms with Crippen LogP contribution in [0.1, 0.15) is 34.7 Å². The summed E-state index contributed by atoms with van der Waals surface area (Å²) in [6.07, 6.45) is 2.13. The highest BCUT2D eigenvalue weighted by Gasteiger charge is 2.21. The maximum Gasteiger partial charge on any atom is 0.130 e. The molecular weight excluding hydrogens is 472 g/mol. The molecule has 4 aromatic rings. The standard InChI is InChI=1S/C27H26ClF2N3O2/c1-33-15-14-31-27(33)25(18-2-8-21(28)9-3-18)32-16-24(34)17-35-26(19-4-10-22(29)11-5-19)20-6-12-23(30)13-7-20/h2-15,24-26,32,34H,16-17H2,1H3/t24-,25+/m0/s1. The van der Waals surface area contributed by atoms with Crippen LogP contribution < -0.4 is 5.32 Å². The summed E-state index contributed by atoms with van der Waals surface area (Å²) in [4.78, 5) is 4.45. The Balaban J connectivity index is 1.45. The van der Waals surface area contributed by atoms with Crippen molar-refractivity contribution < 1.29 is 18.6 Å². The van der Waals surface area contributed by atoms with Crippen molar-refractivity contribution in [2.24, 2.45) is 7.05 Å². The molecule has 2 N–H and O–H groups in total. The molecule has 0 saturated heterocycles. The zero-order valence-electron chi connectivity index (χ0n) is 19.1. The molecule has 0 bridgehead atoms. The molecular formula is C27H26ClF2N3O2. The highest BCUT2D eigenvalue weighted by molar-refractivity contribution is 6.30. The Morgan fingerprint density at radius 1 is 0.914 bits per heavy atom. The molecule has 0 unspecified atom stereocenters. The van der Waals surface area contributed by atoms with Gasteiger partial charge in [-0.2, -0.15) is 0 Å². The number of hydrogen-bond acceptors (Lipinski definition) is 4. The Kier molecular flexibility index (Phi) is 8.25. The summed E-state index contributed by atoms with van der Waals surface area (Å²) in [5.41, 5.74) is 2.35. The first-order chi connectivity index (χ1) is 16.9. The Morgan fingerprint density at radius 2 is 1.46 bits per heavy atom. The zero-order chi connectivity index (χ0) is 24.8. The smallest absolute Gasteiger partial charge is 0.130 e. The van der Waals surface area contributed by atoms with E-state index in [1.54, 1.807) is 30.5 Å². The third kappa shape index (κ3) is 6.52. The fourth-order valence-electron chi connectivity index (χ4n) is 3.85. The molecule has 0 spiro atoms. The number of aliphatic hydroxyl groups is 1. The van der Waals surface area contributed by atoms with Gasteiger partial charge in [0, 0.05) is 31.0 Å². The first kappa shape index (κ1) is 25.0. The lowest BCUT2D eigenvalue weighted by Gasteiger charge is -2.24. The normalized spacial score (nSPS) is 13.2. The van der Waals surface area contributed by atoms with Crippen LogP contribution in [0.15, 0.2) is 85.2 Å². The largest absolute Gasteiger partial charge is 0.389 e. The van der Waals surface area contributed by atoms with Crippen molar-refractivity contribution in [3.63, 3.8) is 0 Å². The highest BCUT2D eigenvalue weighted by Crippen LogP contribution is 2.27. The van der Waals surface area contributed by atoms with Crippen LogP contribution in [0.4, 0.5) is 8.78 Å². The minimum absolute atomic E-state index is 0.000320. The second-order valence-corrected chi connectivity index (χ2v) is 8.70. The number of aryl methyl sites for hydroxylation is 1. The lowest BCUT2D eigenvalue weighted by atomic mass is 10.0. The van der Waals surface area contributed by atoms with Crippen LogP contribution in [0.3, 0.4) is 0 Å². The molecule has 4 rings (SSSR count). The van der Waals surface area contributed by atoms with Gasteiger partial charge in [-0.05, 0) is 53.1 Å². The van der Waals surface area contributed by atoms with Crippen molar-refractivity contribution in [3.8, 4) is 0 Å². The number of hydrogen-bond donors (Lipinski definition) is 2. The second kappa shape index (κ2) is 11.6. The molecule has 1 aromatic heterocycles. The summed E-state index contributed by atoms with van der Waals surface area (Å²) in [5.74, 6) is 0.0627. The molecule has 0 fully saturated rings. The number of rotatable bonds is 10. The Bertz CT molecular complexity index is 1170. The number of nitrogens with one attached hydrogen (secondary N) is 1. The Hall–Kier alpha value is -3.10. The average molecular weight is 498 g/mol. The minimum Gasteiger partial charge on any atom is -0.389 e. The Morgan fingerprint density at radius 3 is 1.97 bits per heavy atom. The number of nitrogens with zero attached hydrogens (tertiary/aromatic N) is 2. The molecule has 5 nitrogen and oxygen atoms in total. The van der Waals surface area contributed by atoms with Gasteiger partial charge in [0.25, 0.3) is 0 Å². The van der Waals surface area contributed by atoms with Gasteiger partial charge in [-0.1, -0.05) is 48.0 Å². The maximum absolute atomic E-state index is 13.4. The number of benzene rings is 3. The molecule has 8 heteroatoms. The predicted molar refractivity (Wildman–Crippen MR) is 131 cm³/mol. The molecule has 0 saturated carbocycles. The van der Waals surface area contributed by atoms with Gasteiger partial charge in [0.05, 0.1) is 18.8 Å². The van der Waals surface area contributed by atoms with Gasteiger partial charge in [-0.15, -0.1) is 0 Å². The molecule has 2 atom stereocenters. The molecule has 0 amide bonds. The van der Waals surface area contributed by atoms with Crippen molar-refractivity contribution in [2.75, 3.05) is 13.2 Å². The topological polar surface area (TPSA) is 59.3 Å². The summed E-state index contributed by atoms with van der Waals surface area (Å²) in [6.45, 7) is 0.222. The summed E-state index contributed by atoms with van der Waals surface area (Å²) < 4.78 is 34.9. The van der Waals surface area contributed by atoms with Crippen LogP contribution in [0, 0.1) is 11.6 Å². The monoisotopic (exact) mass is 497 g/mol. The maximum atomic E-state index is 13.4. The van der Waals surface area contributed by atoms with E-state index in [1.165, 1.54) is 24.3 Å². The fraction of sp³-hybridized carbons (Fsp3) is 0.222. The Labute approximate surface area is 208 Å². The molecule has 0 radical (unpaired) electrons. The zero-order valence-corrected chi connectivity index (χ0v) is 19.9. The number of aliphatic hydroxyl groups excluding tert-OH is 1. The molecule has 35 heavy (non-hydrogen) atoms. The summed E-state index contributed by atoms with van der Waals surface area (Å²) in [6, 6.07) is 19.0. The molecule has 3 aromatic carbocycles.